The zero-order chi connectivity index (χ0) is 23.7. The van der Waals surface area contributed by atoms with Crippen LogP contribution >= 0.6 is 0 Å². The SMILES string of the molecule is O=C(O)CN(CC1CC1)C(=O)C1OCCC1NC(=O)OCC1c2ccccc2-c2ccccc21. The highest BCUT2D eigenvalue weighted by Crippen LogP contribution is 2.44. The smallest absolute Gasteiger partial charge is 0.407 e. The number of carbonyl (C=O) groups is 3. The number of carboxylic acid groups (broad SMARTS) is 1. The van der Waals surface area contributed by atoms with Crippen molar-refractivity contribution in [2.24, 2.45) is 5.92 Å². The second-order valence-electron chi connectivity index (χ2n) is 9.21. The summed E-state index contributed by atoms with van der Waals surface area (Å²) in [5, 5.41) is 12.0. The zero-order valence-corrected chi connectivity index (χ0v) is 18.8. The number of fused-ring (bicyclic) bond motifs is 3. The molecule has 0 spiro atoms. The molecule has 2 aromatic rings. The fraction of sp³-hybridized carbons (Fsp3) is 0.423. The summed E-state index contributed by atoms with van der Waals surface area (Å²) >= 11 is 0. The van der Waals surface area contributed by atoms with Crippen LogP contribution in [0, 0.1) is 5.92 Å². The Kier molecular flexibility index (Phi) is 6.24. The Morgan fingerprint density at radius 2 is 1.65 bits per heavy atom. The van der Waals surface area contributed by atoms with Crippen LogP contribution < -0.4 is 5.32 Å². The van der Waals surface area contributed by atoms with Crippen LogP contribution in [-0.2, 0) is 19.1 Å². The lowest BCUT2D eigenvalue weighted by Gasteiger charge is -2.27. The van der Waals surface area contributed by atoms with E-state index in [0.717, 1.165) is 35.1 Å². The topological polar surface area (TPSA) is 105 Å². The summed E-state index contributed by atoms with van der Waals surface area (Å²) in [6.07, 6.45) is 0.943. The minimum atomic E-state index is -1.06. The van der Waals surface area contributed by atoms with Crippen molar-refractivity contribution >= 4 is 18.0 Å². The van der Waals surface area contributed by atoms with E-state index in [1.807, 2.05) is 24.3 Å². The lowest BCUT2D eigenvalue weighted by molar-refractivity contribution is -0.149. The van der Waals surface area contributed by atoms with Gasteiger partial charge in [-0.2, -0.15) is 0 Å². The van der Waals surface area contributed by atoms with Gasteiger partial charge in [-0.05, 0) is 47.4 Å². The van der Waals surface area contributed by atoms with Crippen molar-refractivity contribution in [1.29, 1.82) is 0 Å². The largest absolute Gasteiger partial charge is 0.480 e. The van der Waals surface area contributed by atoms with Gasteiger partial charge in [0.05, 0.1) is 6.04 Å². The van der Waals surface area contributed by atoms with E-state index >= 15 is 0 Å². The molecule has 1 saturated carbocycles. The number of hydrogen-bond acceptors (Lipinski definition) is 5. The first-order valence-corrected chi connectivity index (χ1v) is 11.7. The minimum absolute atomic E-state index is 0.0555. The normalized spacial score (nSPS) is 20.9. The fourth-order valence-electron chi connectivity index (χ4n) is 4.96. The number of aliphatic carboxylic acids is 1. The molecule has 178 valence electrons. The van der Waals surface area contributed by atoms with Crippen LogP contribution in [0.3, 0.4) is 0 Å². The molecule has 2 fully saturated rings. The van der Waals surface area contributed by atoms with Crippen molar-refractivity contribution in [3.8, 4) is 11.1 Å². The fourth-order valence-corrected chi connectivity index (χ4v) is 4.96. The van der Waals surface area contributed by atoms with Crippen LogP contribution in [0.25, 0.3) is 11.1 Å². The van der Waals surface area contributed by atoms with Crippen LogP contribution in [-0.4, -0.2) is 66.4 Å². The minimum Gasteiger partial charge on any atom is -0.480 e. The maximum absolute atomic E-state index is 13.0. The van der Waals surface area contributed by atoms with Gasteiger partial charge in [0.2, 0.25) is 0 Å². The molecule has 0 radical (unpaired) electrons. The Hall–Kier alpha value is -3.39. The molecular formula is C26H28N2O6. The third-order valence-electron chi connectivity index (χ3n) is 6.80. The number of amides is 2. The Balaban J connectivity index is 1.21. The monoisotopic (exact) mass is 464 g/mol. The van der Waals surface area contributed by atoms with Crippen LogP contribution in [0.4, 0.5) is 4.79 Å². The number of carbonyl (C=O) groups excluding carboxylic acids is 2. The van der Waals surface area contributed by atoms with Gasteiger partial charge in [-0.25, -0.2) is 4.79 Å². The predicted molar refractivity (Wildman–Crippen MR) is 123 cm³/mol. The molecule has 5 rings (SSSR count). The number of hydrogen-bond donors (Lipinski definition) is 2. The summed E-state index contributed by atoms with van der Waals surface area (Å²) in [5.74, 6) is -1.16. The lowest BCUT2D eigenvalue weighted by Crippen LogP contribution is -2.51. The molecule has 3 aliphatic rings. The highest BCUT2D eigenvalue weighted by molar-refractivity contribution is 5.86. The van der Waals surface area contributed by atoms with E-state index in [1.54, 1.807) is 0 Å². The maximum Gasteiger partial charge on any atom is 0.407 e. The summed E-state index contributed by atoms with van der Waals surface area (Å²) in [7, 11) is 0. The number of rotatable bonds is 8. The number of carboxylic acids is 1. The van der Waals surface area contributed by atoms with Gasteiger partial charge >= 0.3 is 12.1 Å². The Morgan fingerprint density at radius 3 is 2.26 bits per heavy atom. The molecule has 2 amide bonds. The summed E-state index contributed by atoms with van der Waals surface area (Å²) in [6, 6.07) is 15.7. The van der Waals surface area contributed by atoms with Gasteiger partial charge in [-0.15, -0.1) is 0 Å². The molecule has 1 heterocycles. The quantitative estimate of drug-likeness (QED) is 0.622. The molecule has 8 heteroatoms. The first kappa shape index (κ1) is 22.4. The molecule has 2 N–H and O–H groups in total. The van der Waals surface area contributed by atoms with Gasteiger partial charge in [0.15, 0.2) is 6.10 Å². The van der Waals surface area contributed by atoms with Crippen molar-refractivity contribution in [3.63, 3.8) is 0 Å². The first-order chi connectivity index (χ1) is 16.5. The average Bonchev–Trinajstić information content (AvgIpc) is 3.43. The van der Waals surface area contributed by atoms with E-state index in [-0.39, 0.29) is 19.1 Å². The highest BCUT2D eigenvalue weighted by atomic mass is 16.6. The molecule has 34 heavy (non-hydrogen) atoms. The molecule has 2 aromatic carbocycles. The third-order valence-corrected chi connectivity index (χ3v) is 6.80. The number of alkyl carbamates (subject to hydrolysis) is 1. The number of benzene rings is 2. The van der Waals surface area contributed by atoms with Crippen molar-refractivity contribution in [2.45, 2.75) is 37.3 Å². The van der Waals surface area contributed by atoms with E-state index in [1.165, 1.54) is 4.90 Å². The molecule has 2 atom stereocenters. The van der Waals surface area contributed by atoms with Gasteiger partial charge < -0.3 is 24.8 Å². The molecule has 1 saturated heterocycles. The summed E-state index contributed by atoms with van der Waals surface area (Å²) in [5.41, 5.74) is 4.54. The second kappa shape index (κ2) is 9.46. The van der Waals surface area contributed by atoms with Gasteiger partial charge in [-0.3, -0.25) is 9.59 Å². The molecule has 2 aliphatic carbocycles. The Labute approximate surface area is 197 Å². The summed E-state index contributed by atoms with van der Waals surface area (Å²) < 4.78 is 11.2. The molecule has 2 unspecified atom stereocenters. The summed E-state index contributed by atoms with van der Waals surface area (Å²) in [4.78, 5) is 38.3. The second-order valence-corrected chi connectivity index (χ2v) is 9.21. The highest BCUT2D eigenvalue weighted by Gasteiger charge is 2.40. The van der Waals surface area contributed by atoms with Gasteiger partial charge in [0.1, 0.15) is 13.2 Å². The maximum atomic E-state index is 13.0. The lowest BCUT2D eigenvalue weighted by atomic mass is 9.98. The molecule has 0 aromatic heterocycles. The van der Waals surface area contributed by atoms with Gasteiger partial charge in [0, 0.05) is 19.1 Å². The van der Waals surface area contributed by atoms with Crippen LogP contribution in [0.2, 0.25) is 0 Å². The zero-order valence-electron chi connectivity index (χ0n) is 18.8. The molecule has 0 bridgehead atoms. The van der Waals surface area contributed by atoms with Crippen LogP contribution in [0.1, 0.15) is 36.3 Å². The molecule has 8 nitrogen and oxygen atoms in total. The van der Waals surface area contributed by atoms with E-state index < -0.39 is 30.1 Å². The Bertz CT molecular complexity index is 1050. The van der Waals surface area contributed by atoms with E-state index in [2.05, 4.69) is 29.6 Å². The van der Waals surface area contributed by atoms with E-state index in [9.17, 15) is 19.5 Å². The molecular weight excluding hydrogens is 436 g/mol. The van der Waals surface area contributed by atoms with E-state index in [4.69, 9.17) is 9.47 Å². The predicted octanol–water partition coefficient (Wildman–Crippen LogP) is 3.01. The third kappa shape index (κ3) is 4.63. The average molecular weight is 465 g/mol. The first-order valence-electron chi connectivity index (χ1n) is 11.7. The van der Waals surface area contributed by atoms with Crippen LogP contribution in [0.5, 0.6) is 0 Å². The van der Waals surface area contributed by atoms with Crippen molar-refractivity contribution in [1.82, 2.24) is 10.2 Å². The summed E-state index contributed by atoms with van der Waals surface area (Å²) in [6.45, 7) is 0.531. The standard InChI is InChI=1S/C26H28N2O6/c29-23(30)14-28(13-16-9-10-16)25(31)24-22(11-12-33-24)27-26(32)34-15-21-19-7-3-1-5-17(19)18-6-2-4-8-20(18)21/h1-8,16,21-22,24H,9-15H2,(H,27,32)(H,29,30). The number of ether oxygens (including phenoxy) is 2. The van der Waals surface area contributed by atoms with Crippen molar-refractivity contribution in [2.75, 3.05) is 26.3 Å². The van der Waals surface area contributed by atoms with Crippen molar-refractivity contribution < 1.29 is 29.0 Å². The van der Waals surface area contributed by atoms with Crippen molar-refractivity contribution in [3.05, 3.63) is 59.7 Å². The van der Waals surface area contributed by atoms with E-state index in [0.29, 0.717) is 25.5 Å². The van der Waals surface area contributed by atoms with Gasteiger partial charge in [-0.1, -0.05) is 48.5 Å². The molecule has 1 aliphatic heterocycles. The Morgan fingerprint density at radius 1 is 1.00 bits per heavy atom. The number of nitrogens with zero attached hydrogens (tertiary/aromatic N) is 1. The van der Waals surface area contributed by atoms with Gasteiger partial charge in [0.25, 0.3) is 5.91 Å². The van der Waals surface area contributed by atoms with Crippen LogP contribution in [0.15, 0.2) is 48.5 Å². The number of nitrogens with one attached hydrogen (secondary N) is 1.